The van der Waals surface area contributed by atoms with Gasteiger partial charge in [-0.25, -0.2) is 10.5 Å². The van der Waals surface area contributed by atoms with Gasteiger partial charge in [0.15, 0.2) is 12.7 Å². The van der Waals surface area contributed by atoms with Gasteiger partial charge in [-0.05, 0) is 142 Å². The molecule has 0 aromatic carbocycles. The molecule has 0 fully saturated rings. The molecule has 0 radical (unpaired) electrons. The number of nitrogens with zero attached hydrogens (tertiary/aromatic N) is 34. The second kappa shape index (κ2) is 48.2. The van der Waals surface area contributed by atoms with Crippen LogP contribution in [-0.2, 0) is 142 Å². The van der Waals surface area contributed by atoms with E-state index in [1.54, 1.807) is 72.0 Å². The van der Waals surface area contributed by atoms with Gasteiger partial charge >= 0.3 is 120 Å². The molecule has 0 N–H and O–H groups in total. The second-order valence-corrected chi connectivity index (χ2v) is 35.2. The molecule has 20 aromatic heterocycles. The summed E-state index contributed by atoms with van der Waals surface area (Å²) in [7, 11) is 0. The Morgan fingerprint density at radius 1 is 0.273 bits per heavy atom. The number of pyridine rings is 10. The van der Waals surface area contributed by atoms with Crippen molar-refractivity contribution in [2.75, 3.05) is 0 Å². The van der Waals surface area contributed by atoms with Crippen LogP contribution in [0.1, 0.15) is 172 Å². The number of alkyl halides is 6. The molecule has 0 aliphatic heterocycles. The molecule has 0 aliphatic rings. The van der Waals surface area contributed by atoms with Crippen molar-refractivity contribution >= 4 is 11.6 Å². The Labute approximate surface area is 927 Å². The predicted molar refractivity (Wildman–Crippen MR) is 513 cm³/mol. The number of nitriles is 2. The summed E-state index contributed by atoms with van der Waals surface area (Å²) in [5.74, 6) is 5.99. The summed E-state index contributed by atoms with van der Waals surface area (Å²) in [5, 5.41) is 18.2. The van der Waals surface area contributed by atoms with Crippen LogP contribution in [-0.4, -0.2) is 145 Å². The Morgan fingerprint density at radius 2 is 0.527 bits per heavy atom. The normalized spacial score (nSPS) is 11.3. The van der Waals surface area contributed by atoms with Crippen LogP contribution in [0.3, 0.4) is 0 Å². The van der Waals surface area contributed by atoms with Gasteiger partial charge in [0.2, 0.25) is 0 Å². The molecule has 0 saturated carbocycles. The van der Waals surface area contributed by atoms with Crippen LogP contribution in [0.25, 0.3) is 67.9 Å². The molecule has 20 rings (SSSR count). The molecule has 0 atom stereocenters. The van der Waals surface area contributed by atoms with Gasteiger partial charge in [-0.3, -0.25) is 54.4 Å². The monoisotopic (exact) mass is 2460 g/mol. The first-order chi connectivity index (χ1) is 69.3. The molecule has 764 valence electrons. The van der Waals surface area contributed by atoms with Crippen LogP contribution in [0.15, 0.2) is 244 Å². The first-order valence-corrected chi connectivity index (χ1v) is 44.3. The Hall–Kier alpha value is -15.5. The van der Waals surface area contributed by atoms with Gasteiger partial charge in [0.25, 0.3) is 5.82 Å². The van der Waals surface area contributed by atoms with Gasteiger partial charge in [0.1, 0.15) is 5.82 Å². The number of rotatable bonds is 20. The summed E-state index contributed by atoms with van der Waals surface area (Å²) in [6, 6.07) is 59.4. The summed E-state index contributed by atoms with van der Waals surface area (Å²) < 4.78 is 94.5. The van der Waals surface area contributed by atoms with E-state index in [1.165, 1.54) is 45.8 Å². The standard InChI is InChI=1S/C21H14F6N6.2C21H14N8.2C21H20N6.5Pd/c1-19(2,13-5-3-7-17(30-13)32-11-28-9-15(32)20(22,23)24)14-6-4-8-18(31-14)33-12-29-10-16(33)21(25,26)27;1-21(2,16-6-4-8-19(26-16)28-11-15(10-22)24-13-28)17-7-5-9-20(27-17)29-12-18(23-3)25-14-29;1-21(2,16-6-4-8-18(26-16)28-13-24-11-15(28)10-22)17-7-5-9-19(27-17)29-14-25-12-20(29)23-3;1-15-11-26(13-22-15)19-9-5-7-17(24-19)21(3,4)18-8-6-10-20(25-18)27-12-16(2)23-14-27;1-15-11-22-13-26(15)19-9-5-7-17(24-19)21(3,4)18-8-6-10-20(25-18)27-14-23-12-16(27)2;;;;;/h3-10H,1-2H3;2*4-9,11-12H,1-2H3;2*5-12H,1-4H3;;;;;/q5*-2;5*+2. The molecule has 45 heteroatoms. The van der Waals surface area contributed by atoms with Crippen molar-refractivity contribution in [3.8, 4) is 70.3 Å². The number of aromatic nitrogens is 30. The van der Waals surface area contributed by atoms with Crippen molar-refractivity contribution in [3.63, 3.8) is 0 Å². The maximum absolute atomic E-state index is 13.3. The number of imidazole rings is 10. The molecule has 0 unspecified atom stereocenters. The van der Waals surface area contributed by atoms with Gasteiger partial charge in [-0.2, -0.15) is 26.3 Å². The third-order valence-corrected chi connectivity index (χ3v) is 23.3. The average molecular weight is 2470 g/mol. The van der Waals surface area contributed by atoms with Crippen molar-refractivity contribution in [2.45, 2.75) is 136 Å². The minimum absolute atomic E-state index is 0. The molecular formula is C105H82F6N34Pd5. The SMILES string of the molecule is CC(C)(c1cccc(-n2[c-]ncc2C(F)(F)F)n1)c1cccc(-n2[c-]ncc2C(F)(F)F)n1.Cc1cn(-c2cccc(C(C)(C)c3cccc(-n4[c-]nc(C)c4)n3)n2)[c-]n1.Cc1cn[c-]n1-c1cccc(C(C)(C)c2cccc(-n3[c-]ncc3C)n2)n1.[C-]#[N+]c1cn(-c2cccc(C(C)(C)c3cccc(-n4[c-]nc(C#N)c4)n3)n2)[c-]n1.[C-]#[N+]c1cn[c-]n1-c1cccc(C(C)(C)c2cccc(-n3[c-]ncc3C#N)n2)n1.[Pd+2].[Pd+2].[Pd+2].[Pd+2].[Pd+2]. The van der Waals surface area contributed by atoms with Crippen molar-refractivity contribution in [2.24, 2.45) is 0 Å². The fourth-order valence-corrected chi connectivity index (χ4v) is 14.9. The first-order valence-electron chi connectivity index (χ1n) is 44.3. The summed E-state index contributed by atoms with van der Waals surface area (Å²) in [6.07, 6.45) is 32.7. The zero-order chi connectivity index (χ0) is 103. The molecule has 0 amide bonds. The average Bonchev–Trinajstić information content (AvgIpc) is 1.35. The van der Waals surface area contributed by atoms with Crippen LogP contribution in [0.4, 0.5) is 38.0 Å². The molecule has 0 saturated heterocycles. The molecule has 20 aromatic rings. The van der Waals surface area contributed by atoms with Gasteiger partial charge in [0, 0.05) is 164 Å². The van der Waals surface area contributed by atoms with Crippen LogP contribution in [0, 0.1) is 127 Å². The maximum Gasteiger partial charge on any atom is 2.00 e. The van der Waals surface area contributed by atoms with E-state index >= 15 is 0 Å². The van der Waals surface area contributed by atoms with E-state index in [1.807, 2.05) is 226 Å². The summed E-state index contributed by atoms with van der Waals surface area (Å²) in [5.41, 5.74) is 7.09. The smallest absolute Gasteiger partial charge is 0.418 e. The van der Waals surface area contributed by atoms with E-state index in [-0.39, 0.29) is 136 Å². The molecule has 34 nitrogen and oxygen atoms in total. The van der Waals surface area contributed by atoms with Crippen LogP contribution < -0.4 is 0 Å². The largest absolute Gasteiger partial charge is 2.00 e. The number of aryl methyl sites for hydroxylation is 4. The molecule has 20 heterocycles. The van der Waals surface area contributed by atoms with Crippen LogP contribution in [0.2, 0.25) is 0 Å². The van der Waals surface area contributed by atoms with Gasteiger partial charge in [0.05, 0.1) is 64.5 Å². The van der Waals surface area contributed by atoms with Gasteiger partial charge in [-0.1, -0.05) is 228 Å². The van der Waals surface area contributed by atoms with Crippen molar-refractivity contribution in [1.29, 1.82) is 10.5 Å². The molecule has 0 aliphatic carbocycles. The Kier molecular flexibility index (Phi) is 36.9. The molecule has 0 bridgehead atoms. The van der Waals surface area contributed by atoms with Gasteiger partial charge < -0.3 is 95.6 Å². The van der Waals surface area contributed by atoms with Gasteiger partial charge in [-0.15, -0.1) is 4.98 Å². The number of hydrogen-bond donors (Lipinski definition) is 0. The first kappa shape index (κ1) is 115. The van der Waals surface area contributed by atoms with E-state index in [0.29, 0.717) is 67.7 Å². The van der Waals surface area contributed by atoms with E-state index in [0.717, 1.165) is 91.6 Å². The zero-order valence-electron chi connectivity index (χ0n) is 81.6. The topological polar surface area (TPSA) is 363 Å². The van der Waals surface area contributed by atoms with E-state index in [2.05, 4.69) is 167 Å². The van der Waals surface area contributed by atoms with Crippen molar-refractivity contribution in [1.82, 2.24) is 145 Å². The fourth-order valence-electron chi connectivity index (χ4n) is 14.9. The number of hydrogen-bond acceptors (Lipinski definition) is 22. The predicted octanol–water partition coefficient (Wildman–Crippen LogP) is 18.0. The molecule has 150 heavy (non-hydrogen) atoms. The molecule has 0 spiro atoms. The Balaban J connectivity index is 0.000000177. The van der Waals surface area contributed by atoms with Crippen molar-refractivity contribution in [3.05, 3.63) is 433 Å². The Bertz CT molecular complexity index is 7780. The summed E-state index contributed by atoms with van der Waals surface area (Å²) in [4.78, 5) is 92.7. The minimum atomic E-state index is -4.66. The molecular weight excluding hydrogens is 2380 g/mol. The van der Waals surface area contributed by atoms with E-state index in [9.17, 15) is 31.6 Å². The van der Waals surface area contributed by atoms with Crippen LogP contribution >= 0.6 is 0 Å². The van der Waals surface area contributed by atoms with Crippen LogP contribution in [0.5, 0.6) is 0 Å². The zero-order valence-corrected chi connectivity index (χ0v) is 89.4. The van der Waals surface area contributed by atoms with Crippen molar-refractivity contribution < 1.29 is 128 Å². The summed E-state index contributed by atoms with van der Waals surface area (Å²) >= 11 is 0. The van der Waals surface area contributed by atoms with E-state index in [4.69, 9.17) is 58.3 Å². The maximum atomic E-state index is 13.3. The third kappa shape index (κ3) is 25.4. The third-order valence-electron chi connectivity index (χ3n) is 23.3. The van der Waals surface area contributed by atoms with E-state index < -0.39 is 40.0 Å². The Morgan fingerprint density at radius 3 is 0.807 bits per heavy atom. The fraction of sp³-hybridized carbons (Fsp3) is 0.200. The summed E-state index contributed by atoms with van der Waals surface area (Å²) in [6.45, 7) is 42.2. The number of halogens is 6. The minimum Gasteiger partial charge on any atom is -0.418 e. The quantitative estimate of drug-likeness (QED) is 0.0388. The second-order valence-electron chi connectivity index (χ2n) is 35.2.